The Balaban J connectivity index is 1.59. The van der Waals surface area contributed by atoms with Crippen molar-refractivity contribution in [2.24, 2.45) is 7.05 Å². The molecule has 4 rings (SSSR count). The molecule has 152 valence electrons. The molecule has 6 nitrogen and oxygen atoms in total. The van der Waals surface area contributed by atoms with Gasteiger partial charge in [0.25, 0.3) is 5.91 Å². The van der Waals surface area contributed by atoms with E-state index in [4.69, 9.17) is 0 Å². The van der Waals surface area contributed by atoms with Crippen LogP contribution in [-0.4, -0.2) is 30.1 Å². The second-order valence-corrected chi connectivity index (χ2v) is 9.28. The Morgan fingerprint density at radius 3 is 2.37 bits per heavy atom. The number of nitrogens with one attached hydrogen (secondary N) is 1. The SMILES string of the molecule is Cc1ccc(S(C)(=O)=O)cc1C(=O)Nc1ccc(-c2nc3ccccc3n2C)cc1. The average molecular weight is 420 g/mol. The van der Waals surface area contributed by atoms with E-state index in [1.807, 2.05) is 60.1 Å². The van der Waals surface area contributed by atoms with Gasteiger partial charge in [-0.15, -0.1) is 0 Å². The first-order valence-electron chi connectivity index (χ1n) is 9.38. The fourth-order valence-electron chi connectivity index (χ4n) is 3.38. The molecule has 0 saturated carbocycles. The molecule has 0 unspecified atom stereocenters. The van der Waals surface area contributed by atoms with Crippen LogP contribution < -0.4 is 5.32 Å². The van der Waals surface area contributed by atoms with E-state index in [0.717, 1.165) is 28.7 Å². The lowest BCUT2D eigenvalue weighted by atomic mass is 10.1. The van der Waals surface area contributed by atoms with E-state index in [0.29, 0.717) is 16.8 Å². The molecule has 4 aromatic rings. The highest BCUT2D eigenvalue weighted by Gasteiger charge is 2.15. The van der Waals surface area contributed by atoms with E-state index < -0.39 is 9.84 Å². The highest BCUT2D eigenvalue weighted by atomic mass is 32.2. The first-order chi connectivity index (χ1) is 14.2. The van der Waals surface area contributed by atoms with Crippen molar-refractivity contribution in [3.8, 4) is 11.4 Å². The second-order valence-electron chi connectivity index (χ2n) is 7.26. The summed E-state index contributed by atoms with van der Waals surface area (Å²) in [6, 6.07) is 19.9. The number of imidazole rings is 1. The van der Waals surface area contributed by atoms with Crippen molar-refractivity contribution in [2.75, 3.05) is 11.6 Å². The Bertz CT molecular complexity index is 1370. The zero-order valence-corrected chi connectivity index (χ0v) is 17.7. The Kier molecular flexibility index (Phi) is 4.91. The number of nitrogens with zero attached hydrogens (tertiary/aromatic N) is 2. The Labute approximate surface area is 175 Å². The highest BCUT2D eigenvalue weighted by molar-refractivity contribution is 7.90. The van der Waals surface area contributed by atoms with Gasteiger partial charge in [-0.1, -0.05) is 18.2 Å². The molecule has 0 saturated heterocycles. The summed E-state index contributed by atoms with van der Waals surface area (Å²) in [6.07, 6.45) is 1.12. The molecule has 1 N–H and O–H groups in total. The molecule has 0 radical (unpaired) electrons. The normalized spacial score (nSPS) is 11.6. The third kappa shape index (κ3) is 3.71. The number of hydrogen-bond donors (Lipinski definition) is 1. The number of rotatable bonds is 4. The molecule has 0 atom stereocenters. The molecule has 0 aliphatic heterocycles. The molecular weight excluding hydrogens is 398 g/mol. The summed E-state index contributed by atoms with van der Waals surface area (Å²) in [6.45, 7) is 1.77. The van der Waals surface area contributed by atoms with Gasteiger partial charge in [0, 0.05) is 30.1 Å². The number of anilines is 1. The number of aryl methyl sites for hydroxylation is 2. The number of aromatic nitrogens is 2. The van der Waals surface area contributed by atoms with E-state index in [1.165, 1.54) is 12.1 Å². The van der Waals surface area contributed by atoms with Crippen LogP contribution in [-0.2, 0) is 16.9 Å². The number of fused-ring (bicyclic) bond motifs is 1. The number of amides is 1. The smallest absolute Gasteiger partial charge is 0.255 e. The Morgan fingerprint density at radius 2 is 1.70 bits per heavy atom. The fourth-order valence-corrected chi connectivity index (χ4v) is 4.03. The standard InChI is InChI=1S/C23H21N3O3S/c1-15-8-13-18(30(3,28)29)14-19(15)23(27)24-17-11-9-16(10-12-17)22-25-20-6-4-5-7-21(20)26(22)2/h4-14H,1-3H3,(H,24,27). The zero-order valence-electron chi connectivity index (χ0n) is 16.9. The van der Waals surface area contributed by atoms with E-state index in [2.05, 4.69) is 10.3 Å². The maximum absolute atomic E-state index is 12.7. The van der Waals surface area contributed by atoms with Crippen LogP contribution >= 0.6 is 0 Å². The van der Waals surface area contributed by atoms with E-state index in [1.54, 1.807) is 13.0 Å². The first-order valence-corrected chi connectivity index (χ1v) is 11.3. The van der Waals surface area contributed by atoms with E-state index in [-0.39, 0.29) is 10.8 Å². The lowest BCUT2D eigenvalue weighted by molar-refractivity contribution is 0.102. The molecule has 0 aliphatic carbocycles. The van der Waals surface area contributed by atoms with Crippen LogP contribution in [0.5, 0.6) is 0 Å². The van der Waals surface area contributed by atoms with Gasteiger partial charge >= 0.3 is 0 Å². The lowest BCUT2D eigenvalue weighted by Gasteiger charge is -2.10. The third-order valence-corrected chi connectivity index (χ3v) is 6.18. The van der Waals surface area contributed by atoms with Gasteiger partial charge < -0.3 is 9.88 Å². The zero-order chi connectivity index (χ0) is 21.5. The van der Waals surface area contributed by atoms with Gasteiger partial charge in [0.1, 0.15) is 5.82 Å². The minimum Gasteiger partial charge on any atom is -0.327 e. The van der Waals surface area contributed by atoms with Gasteiger partial charge in [-0.25, -0.2) is 13.4 Å². The summed E-state index contributed by atoms with van der Waals surface area (Å²) in [5.41, 5.74) is 4.56. The summed E-state index contributed by atoms with van der Waals surface area (Å²) in [5.74, 6) is 0.485. The number of carbonyl (C=O) groups excluding carboxylic acids is 1. The van der Waals surface area contributed by atoms with E-state index in [9.17, 15) is 13.2 Å². The van der Waals surface area contributed by atoms with Gasteiger partial charge in [-0.3, -0.25) is 4.79 Å². The Hall–Kier alpha value is -3.45. The van der Waals surface area contributed by atoms with Crippen molar-refractivity contribution in [2.45, 2.75) is 11.8 Å². The van der Waals surface area contributed by atoms with Crippen LogP contribution in [0.25, 0.3) is 22.4 Å². The maximum atomic E-state index is 12.7. The number of benzene rings is 3. The van der Waals surface area contributed by atoms with E-state index >= 15 is 0 Å². The fraction of sp³-hybridized carbons (Fsp3) is 0.130. The van der Waals surface area contributed by atoms with Gasteiger partial charge in [-0.2, -0.15) is 0 Å². The molecule has 0 spiro atoms. The number of para-hydroxylation sites is 2. The van der Waals surface area contributed by atoms with Crippen LogP contribution in [0.1, 0.15) is 15.9 Å². The molecule has 0 bridgehead atoms. The molecule has 1 amide bonds. The molecule has 3 aromatic carbocycles. The highest BCUT2D eigenvalue weighted by Crippen LogP contribution is 2.25. The van der Waals surface area contributed by atoms with Crippen LogP contribution in [0.4, 0.5) is 5.69 Å². The quantitative estimate of drug-likeness (QED) is 0.537. The van der Waals surface area contributed by atoms with Crippen molar-refractivity contribution in [3.05, 3.63) is 77.9 Å². The maximum Gasteiger partial charge on any atom is 0.255 e. The summed E-state index contributed by atoms with van der Waals surface area (Å²) >= 11 is 0. The molecule has 0 fully saturated rings. The molecule has 1 aromatic heterocycles. The summed E-state index contributed by atoms with van der Waals surface area (Å²) in [7, 11) is -1.42. The first kappa shape index (κ1) is 19.8. The van der Waals surface area contributed by atoms with Crippen molar-refractivity contribution >= 4 is 32.5 Å². The Morgan fingerprint density at radius 1 is 1.00 bits per heavy atom. The van der Waals surface area contributed by atoms with Crippen LogP contribution in [0.15, 0.2) is 71.6 Å². The van der Waals surface area contributed by atoms with Gasteiger partial charge in [-0.05, 0) is 61.0 Å². The van der Waals surface area contributed by atoms with Crippen molar-refractivity contribution in [1.82, 2.24) is 9.55 Å². The van der Waals surface area contributed by atoms with Gasteiger partial charge in [0.2, 0.25) is 0 Å². The van der Waals surface area contributed by atoms with Crippen LogP contribution in [0.2, 0.25) is 0 Å². The van der Waals surface area contributed by atoms with Crippen molar-refractivity contribution in [3.63, 3.8) is 0 Å². The molecule has 1 heterocycles. The topological polar surface area (TPSA) is 81.1 Å². The summed E-state index contributed by atoms with van der Waals surface area (Å²) < 4.78 is 25.6. The molecule has 0 aliphatic rings. The monoisotopic (exact) mass is 419 g/mol. The van der Waals surface area contributed by atoms with Gasteiger partial charge in [0.15, 0.2) is 9.84 Å². The van der Waals surface area contributed by atoms with Gasteiger partial charge in [0.05, 0.1) is 15.9 Å². The number of hydrogen-bond acceptors (Lipinski definition) is 4. The number of carbonyl (C=O) groups is 1. The average Bonchev–Trinajstić information content (AvgIpc) is 3.05. The second kappa shape index (κ2) is 7.42. The van der Waals surface area contributed by atoms with Crippen LogP contribution in [0.3, 0.4) is 0 Å². The minimum atomic E-state index is -3.39. The predicted octanol–water partition coefficient (Wildman–Crippen LogP) is 4.20. The van der Waals surface area contributed by atoms with Crippen LogP contribution in [0, 0.1) is 6.92 Å². The third-order valence-electron chi connectivity index (χ3n) is 5.07. The predicted molar refractivity (Wildman–Crippen MR) is 118 cm³/mol. The van der Waals surface area contributed by atoms with Crippen molar-refractivity contribution in [1.29, 1.82) is 0 Å². The minimum absolute atomic E-state index is 0.121. The largest absolute Gasteiger partial charge is 0.327 e. The molecule has 7 heteroatoms. The molecule has 30 heavy (non-hydrogen) atoms. The summed E-state index contributed by atoms with van der Waals surface area (Å²) in [4.78, 5) is 17.5. The lowest BCUT2D eigenvalue weighted by Crippen LogP contribution is -2.14. The summed E-state index contributed by atoms with van der Waals surface area (Å²) in [5, 5.41) is 2.84. The van der Waals surface area contributed by atoms with Crippen molar-refractivity contribution < 1.29 is 13.2 Å². The number of sulfone groups is 1. The molecular formula is C23H21N3O3S.